The van der Waals surface area contributed by atoms with Crippen LogP contribution in [0.5, 0.6) is 0 Å². The zero-order valence-electron chi connectivity index (χ0n) is 17.2. The third-order valence-electron chi connectivity index (χ3n) is 5.12. The molecule has 1 heterocycles. The first-order valence-electron chi connectivity index (χ1n) is 10.0. The molecule has 30 heavy (non-hydrogen) atoms. The lowest BCUT2D eigenvalue weighted by molar-refractivity contribution is -0.305. The Morgan fingerprint density at radius 1 is 1.00 bits per heavy atom. The summed E-state index contributed by atoms with van der Waals surface area (Å²) in [6, 6.07) is 17.9. The predicted octanol–water partition coefficient (Wildman–Crippen LogP) is 2.06. The van der Waals surface area contributed by atoms with Crippen LogP contribution < -0.4 is 5.11 Å². The van der Waals surface area contributed by atoms with Gasteiger partial charge < -0.3 is 19.7 Å². The van der Waals surface area contributed by atoms with Crippen LogP contribution in [0.3, 0.4) is 0 Å². The number of amides is 2. The highest BCUT2D eigenvalue weighted by Gasteiger charge is 2.40. The number of hydrogen-bond donors (Lipinski definition) is 0. The van der Waals surface area contributed by atoms with E-state index >= 15 is 0 Å². The van der Waals surface area contributed by atoms with Crippen molar-refractivity contribution in [2.24, 2.45) is 5.92 Å². The van der Waals surface area contributed by atoms with E-state index in [4.69, 9.17) is 0 Å². The van der Waals surface area contributed by atoms with E-state index < -0.39 is 24.5 Å². The standard InChI is InChI=1S/C24H26N2O4/c1-17(2)23-24(30)25(16-22(28)29)20(19-11-7-4-8-12-19)15-26(23)21(27)14-13-18-9-5-3-6-10-18/h3-12,15,17,23H,13-14,16H2,1-2H3,(H,28,29)/p-1. The summed E-state index contributed by atoms with van der Waals surface area (Å²) in [5.41, 5.74) is 2.09. The molecular weight excluding hydrogens is 380 g/mol. The number of hydrogen-bond acceptors (Lipinski definition) is 4. The first-order chi connectivity index (χ1) is 14.4. The van der Waals surface area contributed by atoms with Crippen LogP contribution in [0.15, 0.2) is 66.9 Å². The minimum absolute atomic E-state index is 0.174. The van der Waals surface area contributed by atoms with Crippen LogP contribution in [0.4, 0.5) is 0 Å². The average Bonchev–Trinajstić information content (AvgIpc) is 2.74. The van der Waals surface area contributed by atoms with Crippen molar-refractivity contribution in [1.82, 2.24) is 9.80 Å². The van der Waals surface area contributed by atoms with Gasteiger partial charge in [-0.25, -0.2) is 0 Å². The zero-order chi connectivity index (χ0) is 21.7. The molecule has 1 atom stereocenters. The molecule has 2 amide bonds. The normalized spacial score (nSPS) is 16.6. The van der Waals surface area contributed by atoms with Crippen molar-refractivity contribution in [3.63, 3.8) is 0 Å². The zero-order valence-corrected chi connectivity index (χ0v) is 17.2. The van der Waals surface area contributed by atoms with Crippen molar-refractivity contribution < 1.29 is 19.5 Å². The average molecular weight is 405 g/mol. The van der Waals surface area contributed by atoms with Gasteiger partial charge in [0.15, 0.2) is 0 Å². The second-order valence-electron chi connectivity index (χ2n) is 7.65. The minimum atomic E-state index is -1.35. The van der Waals surface area contributed by atoms with Gasteiger partial charge in [0.2, 0.25) is 5.91 Å². The summed E-state index contributed by atoms with van der Waals surface area (Å²) in [4.78, 5) is 40.4. The van der Waals surface area contributed by atoms with Crippen molar-refractivity contribution >= 4 is 23.5 Å². The molecule has 6 nitrogen and oxygen atoms in total. The van der Waals surface area contributed by atoms with Crippen molar-refractivity contribution in [2.45, 2.75) is 32.7 Å². The molecule has 2 aromatic rings. The van der Waals surface area contributed by atoms with Crippen molar-refractivity contribution in [3.8, 4) is 0 Å². The number of rotatable bonds is 7. The number of carbonyl (C=O) groups is 3. The quantitative estimate of drug-likeness (QED) is 0.706. The van der Waals surface area contributed by atoms with E-state index in [9.17, 15) is 19.5 Å². The molecule has 1 aliphatic rings. The Kier molecular flexibility index (Phi) is 6.67. The number of carbonyl (C=O) groups excluding carboxylic acids is 3. The predicted molar refractivity (Wildman–Crippen MR) is 111 cm³/mol. The smallest absolute Gasteiger partial charge is 0.250 e. The molecule has 2 aromatic carbocycles. The van der Waals surface area contributed by atoms with Gasteiger partial charge in [-0.1, -0.05) is 74.5 Å². The van der Waals surface area contributed by atoms with Gasteiger partial charge in [0.1, 0.15) is 6.04 Å². The third kappa shape index (κ3) is 4.76. The van der Waals surface area contributed by atoms with Crippen LogP contribution in [-0.4, -0.2) is 40.2 Å². The topological polar surface area (TPSA) is 80.8 Å². The van der Waals surface area contributed by atoms with E-state index in [1.807, 2.05) is 50.2 Å². The van der Waals surface area contributed by atoms with Crippen LogP contribution in [-0.2, 0) is 20.8 Å². The number of aliphatic carboxylic acids is 1. The van der Waals surface area contributed by atoms with E-state index in [0.717, 1.165) is 5.56 Å². The van der Waals surface area contributed by atoms with E-state index in [1.165, 1.54) is 9.80 Å². The van der Waals surface area contributed by atoms with Gasteiger partial charge >= 0.3 is 0 Å². The van der Waals surface area contributed by atoms with Gasteiger partial charge in [0, 0.05) is 12.6 Å². The number of carboxylic acid groups (broad SMARTS) is 1. The monoisotopic (exact) mass is 405 g/mol. The molecule has 0 saturated carbocycles. The molecular formula is C24H25N2O4-. The van der Waals surface area contributed by atoms with Gasteiger partial charge in [-0.2, -0.15) is 0 Å². The van der Waals surface area contributed by atoms with Crippen molar-refractivity contribution in [1.29, 1.82) is 0 Å². The maximum Gasteiger partial charge on any atom is 0.250 e. The van der Waals surface area contributed by atoms with Crippen LogP contribution in [0.1, 0.15) is 31.4 Å². The summed E-state index contributed by atoms with van der Waals surface area (Å²) in [5, 5.41) is 11.3. The highest BCUT2D eigenvalue weighted by atomic mass is 16.4. The Morgan fingerprint density at radius 3 is 2.17 bits per heavy atom. The number of benzene rings is 2. The Labute approximate surface area is 176 Å². The Morgan fingerprint density at radius 2 is 1.60 bits per heavy atom. The van der Waals surface area contributed by atoms with Gasteiger partial charge in [-0.05, 0) is 23.5 Å². The van der Waals surface area contributed by atoms with Gasteiger partial charge in [-0.3, -0.25) is 9.59 Å². The summed E-state index contributed by atoms with van der Waals surface area (Å²) in [6.07, 6.45) is 2.42. The van der Waals surface area contributed by atoms with Gasteiger partial charge in [0.05, 0.1) is 18.2 Å². The molecule has 6 heteroatoms. The molecule has 0 saturated heterocycles. The second-order valence-corrected chi connectivity index (χ2v) is 7.65. The highest BCUT2D eigenvalue weighted by molar-refractivity contribution is 5.99. The first kappa shape index (κ1) is 21.3. The third-order valence-corrected chi connectivity index (χ3v) is 5.12. The SMILES string of the molecule is CC(C)C1C(=O)N(CC(=O)[O-])C(c2ccccc2)=CN1C(=O)CCc1ccccc1. The molecule has 0 radical (unpaired) electrons. The summed E-state index contributed by atoms with van der Waals surface area (Å²) in [7, 11) is 0. The maximum absolute atomic E-state index is 13.3. The number of aryl methyl sites for hydroxylation is 1. The molecule has 0 N–H and O–H groups in total. The summed E-state index contributed by atoms with van der Waals surface area (Å²) < 4.78 is 0. The Bertz CT molecular complexity index is 938. The van der Waals surface area contributed by atoms with Crippen LogP contribution >= 0.6 is 0 Å². The molecule has 3 rings (SSSR count). The van der Waals surface area contributed by atoms with Crippen LogP contribution in [0, 0.1) is 5.92 Å². The van der Waals surface area contributed by atoms with E-state index in [2.05, 4.69) is 0 Å². The fourth-order valence-corrected chi connectivity index (χ4v) is 3.67. The fourth-order valence-electron chi connectivity index (χ4n) is 3.67. The molecule has 0 aromatic heterocycles. The number of carboxylic acids is 1. The van der Waals surface area contributed by atoms with Crippen LogP contribution in [0.2, 0.25) is 0 Å². The second kappa shape index (κ2) is 9.39. The summed E-state index contributed by atoms with van der Waals surface area (Å²) in [6.45, 7) is 3.13. The molecule has 0 bridgehead atoms. The van der Waals surface area contributed by atoms with Crippen molar-refractivity contribution in [3.05, 3.63) is 78.0 Å². The lowest BCUT2D eigenvalue weighted by Gasteiger charge is -2.41. The Balaban J connectivity index is 1.96. The summed E-state index contributed by atoms with van der Waals surface area (Å²) in [5.74, 6) is -2.12. The van der Waals surface area contributed by atoms with Crippen LogP contribution in [0.25, 0.3) is 5.70 Å². The highest BCUT2D eigenvalue weighted by Crippen LogP contribution is 2.30. The first-order valence-corrected chi connectivity index (χ1v) is 10.0. The molecule has 1 unspecified atom stereocenters. The lowest BCUT2D eigenvalue weighted by atomic mass is 9.96. The molecule has 1 aliphatic heterocycles. The van der Waals surface area contributed by atoms with E-state index in [-0.39, 0.29) is 18.2 Å². The van der Waals surface area contributed by atoms with Gasteiger partial charge in [0.25, 0.3) is 5.91 Å². The lowest BCUT2D eigenvalue weighted by Crippen LogP contribution is -2.56. The molecule has 0 spiro atoms. The largest absolute Gasteiger partial charge is 0.548 e. The van der Waals surface area contributed by atoms with E-state index in [0.29, 0.717) is 17.7 Å². The van der Waals surface area contributed by atoms with E-state index in [1.54, 1.807) is 30.5 Å². The van der Waals surface area contributed by atoms with Gasteiger partial charge in [-0.15, -0.1) is 0 Å². The molecule has 156 valence electrons. The molecule has 0 fully saturated rings. The summed E-state index contributed by atoms with van der Waals surface area (Å²) >= 11 is 0. The Hall–Kier alpha value is -3.41. The minimum Gasteiger partial charge on any atom is -0.548 e. The van der Waals surface area contributed by atoms with Crippen molar-refractivity contribution in [2.75, 3.05) is 6.54 Å². The number of nitrogens with zero attached hydrogens (tertiary/aromatic N) is 2. The molecule has 0 aliphatic carbocycles. The fraction of sp³-hybridized carbons (Fsp3) is 0.292. The maximum atomic E-state index is 13.3.